The predicted molar refractivity (Wildman–Crippen MR) is 103 cm³/mol. The highest BCUT2D eigenvalue weighted by Crippen LogP contribution is 2.64. The van der Waals surface area contributed by atoms with Gasteiger partial charge in [0.25, 0.3) is 5.91 Å². The third-order valence-corrected chi connectivity index (χ3v) is 8.02. The first-order chi connectivity index (χ1) is 12.7. The molecule has 3 atom stereocenters. The van der Waals surface area contributed by atoms with E-state index in [9.17, 15) is 14.4 Å². The summed E-state index contributed by atoms with van der Waals surface area (Å²) in [6, 6.07) is 0. The standard InChI is InChI=1S/C20H29BrN2O4/c1-13(17(25)23-5-3-22(4-6-23)14(2)24)27-18(26)19-8-15-7-16(9-19)11-20(21,10-15)12-19/h13,15-16H,3-12H2,1-2H3. The molecule has 1 aliphatic heterocycles. The second-order valence-electron chi connectivity index (χ2n) is 9.27. The van der Waals surface area contributed by atoms with Crippen LogP contribution >= 0.6 is 15.9 Å². The maximum atomic E-state index is 13.1. The Morgan fingerprint density at radius 1 is 1.00 bits per heavy atom. The highest BCUT2D eigenvalue weighted by Gasteiger charge is 2.60. The van der Waals surface area contributed by atoms with Gasteiger partial charge in [0.05, 0.1) is 5.41 Å². The molecule has 0 N–H and O–H groups in total. The van der Waals surface area contributed by atoms with E-state index in [0.29, 0.717) is 38.0 Å². The number of carbonyl (C=O) groups is 3. The summed E-state index contributed by atoms with van der Waals surface area (Å²) in [4.78, 5) is 40.7. The van der Waals surface area contributed by atoms with Gasteiger partial charge in [-0.15, -0.1) is 0 Å². The highest BCUT2D eigenvalue weighted by molar-refractivity contribution is 9.10. The summed E-state index contributed by atoms with van der Waals surface area (Å²) < 4.78 is 5.83. The smallest absolute Gasteiger partial charge is 0.312 e. The topological polar surface area (TPSA) is 66.9 Å². The van der Waals surface area contributed by atoms with E-state index < -0.39 is 11.5 Å². The Balaban J connectivity index is 1.37. The number of amides is 2. The van der Waals surface area contributed by atoms with E-state index in [-0.39, 0.29) is 22.1 Å². The van der Waals surface area contributed by atoms with E-state index in [1.807, 2.05) is 0 Å². The molecule has 0 aromatic carbocycles. The van der Waals surface area contributed by atoms with Crippen LogP contribution in [0.2, 0.25) is 0 Å². The van der Waals surface area contributed by atoms with E-state index >= 15 is 0 Å². The van der Waals surface area contributed by atoms with Crippen molar-refractivity contribution in [2.24, 2.45) is 17.3 Å². The number of hydrogen-bond donors (Lipinski definition) is 0. The molecule has 6 nitrogen and oxygen atoms in total. The average molecular weight is 441 g/mol. The van der Waals surface area contributed by atoms with E-state index in [1.165, 1.54) is 6.42 Å². The van der Waals surface area contributed by atoms with E-state index in [2.05, 4.69) is 15.9 Å². The van der Waals surface area contributed by atoms with Gasteiger partial charge in [-0.3, -0.25) is 14.4 Å². The quantitative estimate of drug-likeness (QED) is 0.498. The van der Waals surface area contributed by atoms with Crippen LogP contribution in [-0.4, -0.2) is 64.2 Å². The zero-order valence-electron chi connectivity index (χ0n) is 16.2. The maximum absolute atomic E-state index is 13.1. The van der Waals surface area contributed by atoms with E-state index in [1.54, 1.807) is 23.6 Å². The summed E-state index contributed by atoms with van der Waals surface area (Å²) in [5.74, 6) is 0.910. The van der Waals surface area contributed by atoms with Crippen molar-refractivity contribution in [1.29, 1.82) is 0 Å². The minimum absolute atomic E-state index is 0.0343. The Bertz CT molecular complexity index is 644. The van der Waals surface area contributed by atoms with Crippen LogP contribution in [0, 0.1) is 17.3 Å². The van der Waals surface area contributed by atoms with E-state index in [0.717, 1.165) is 32.1 Å². The molecule has 4 bridgehead atoms. The Labute approximate surface area is 169 Å². The van der Waals surface area contributed by atoms with Gasteiger partial charge in [0, 0.05) is 37.4 Å². The first kappa shape index (κ1) is 19.2. The minimum Gasteiger partial charge on any atom is -0.452 e. The normalized spacial score (nSPS) is 38.6. The van der Waals surface area contributed by atoms with Crippen molar-refractivity contribution in [2.45, 2.75) is 62.8 Å². The summed E-state index contributed by atoms with van der Waals surface area (Å²) in [6.07, 6.45) is 5.45. The molecule has 150 valence electrons. The van der Waals surface area contributed by atoms with Gasteiger partial charge in [0.15, 0.2) is 6.10 Å². The molecular formula is C20H29BrN2O4. The van der Waals surface area contributed by atoms with Crippen molar-refractivity contribution in [2.75, 3.05) is 26.2 Å². The molecule has 5 fully saturated rings. The van der Waals surface area contributed by atoms with Crippen molar-refractivity contribution >= 4 is 33.7 Å². The molecule has 4 saturated carbocycles. The van der Waals surface area contributed by atoms with E-state index in [4.69, 9.17) is 4.74 Å². The molecular weight excluding hydrogens is 412 g/mol. The van der Waals surface area contributed by atoms with Gasteiger partial charge in [-0.05, 0) is 57.3 Å². The predicted octanol–water partition coefficient (Wildman–Crippen LogP) is 2.34. The summed E-state index contributed by atoms with van der Waals surface area (Å²) in [6.45, 7) is 5.31. The largest absolute Gasteiger partial charge is 0.452 e. The second-order valence-corrected chi connectivity index (χ2v) is 11.0. The Kier molecular flexibility index (Phi) is 4.80. The monoisotopic (exact) mass is 440 g/mol. The molecule has 0 aromatic rings. The summed E-state index contributed by atoms with van der Waals surface area (Å²) in [5.41, 5.74) is -0.407. The number of piperazine rings is 1. The van der Waals surface area contributed by atoms with Crippen LogP contribution < -0.4 is 0 Å². The number of hydrogen-bond acceptors (Lipinski definition) is 4. The van der Waals surface area contributed by atoms with Crippen LogP contribution in [0.4, 0.5) is 0 Å². The lowest BCUT2D eigenvalue weighted by molar-refractivity contribution is -0.179. The summed E-state index contributed by atoms with van der Waals surface area (Å²) >= 11 is 3.92. The van der Waals surface area contributed by atoms with Gasteiger partial charge < -0.3 is 14.5 Å². The molecule has 0 aromatic heterocycles. The fourth-order valence-corrected chi connectivity index (χ4v) is 7.68. The number of rotatable bonds is 3. The molecule has 27 heavy (non-hydrogen) atoms. The van der Waals surface area contributed by atoms with Crippen molar-refractivity contribution in [3.05, 3.63) is 0 Å². The van der Waals surface area contributed by atoms with Gasteiger partial charge in [0.2, 0.25) is 5.91 Å². The number of alkyl halides is 1. The molecule has 1 saturated heterocycles. The van der Waals surface area contributed by atoms with Gasteiger partial charge in [-0.25, -0.2) is 0 Å². The van der Waals surface area contributed by atoms with Gasteiger partial charge >= 0.3 is 5.97 Å². The number of ether oxygens (including phenoxy) is 1. The third kappa shape index (κ3) is 3.52. The van der Waals surface area contributed by atoms with Crippen LogP contribution in [0.5, 0.6) is 0 Å². The lowest BCUT2D eigenvalue weighted by atomic mass is 9.49. The molecule has 7 heteroatoms. The van der Waals surface area contributed by atoms with Crippen LogP contribution in [0.25, 0.3) is 0 Å². The molecule has 5 rings (SSSR count). The first-order valence-corrected chi connectivity index (χ1v) is 10.9. The SMILES string of the molecule is CC(=O)N1CCN(C(=O)C(C)OC(=O)C23CC4CC(CC(Br)(C4)C2)C3)CC1. The highest BCUT2D eigenvalue weighted by atomic mass is 79.9. The maximum Gasteiger partial charge on any atom is 0.312 e. The molecule has 5 aliphatic rings. The number of halogens is 1. The zero-order valence-corrected chi connectivity index (χ0v) is 17.8. The summed E-state index contributed by atoms with van der Waals surface area (Å²) in [5, 5.41) is 0. The Hall–Kier alpha value is -1.11. The van der Waals surface area contributed by atoms with Gasteiger partial charge in [0.1, 0.15) is 0 Å². The van der Waals surface area contributed by atoms with Crippen molar-refractivity contribution in [1.82, 2.24) is 9.80 Å². The molecule has 0 spiro atoms. The average Bonchev–Trinajstić information content (AvgIpc) is 2.59. The van der Waals surface area contributed by atoms with Gasteiger partial charge in [-0.2, -0.15) is 0 Å². The number of carbonyl (C=O) groups excluding carboxylic acids is 3. The van der Waals surface area contributed by atoms with Gasteiger partial charge in [-0.1, -0.05) is 15.9 Å². The molecule has 2 amide bonds. The first-order valence-electron chi connectivity index (χ1n) is 10.1. The molecule has 4 aliphatic carbocycles. The van der Waals surface area contributed by atoms with Crippen LogP contribution in [0.3, 0.4) is 0 Å². The van der Waals surface area contributed by atoms with Crippen LogP contribution in [-0.2, 0) is 19.1 Å². The van der Waals surface area contributed by atoms with Crippen molar-refractivity contribution in [3.63, 3.8) is 0 Å². The van der Waals surface area contributed by atoms with Crippen LogP contribution in [0.15, 0.2) is 0 Å². The molecule has 1 heterocycles. The fourth-order valence-electron chi connectivity index (χ4n) is 6.22. The Morgan fingerprint density at radius 2 is 1.56 bits per heavy atom. The van der Waals surface area contributed by atoms with Crippen LogP contribution in [0.1, 0.15) is 52.4 Å². The van der Waals surface area contributed by atoms with Crippen molar-refractivity contribution < 1.29 is 19.1 Å². The Morgan fingerprint density at radius 3 is 2.07 bits per heavy atom. The number of esters is 1. The molecule has 0 radical (unpaired) electrons. The molecule has 3 unspecified atom stereocenters. The fraction of sp³-hybridized carbons (Fsp3) is 0.850. The summed E-state index contributed by atoms with van der Waals surface area (Å²) in [7, 11) is 0. The number of nitrogens with zero attached hydrogens (tertiary/aromatic N) is 2. The van der Waals surface area contributed by atoms with Crippen molar-refractivity contribution in [3.8, 4) is 0 Å². The minimum atomic E-state index is -0.763. The third-order valence-electron chi connectivity index (χ3n) is 7.09. The lowest BCUT2D eigenvalue weighted by Gasteiger charge is -2.58. The lowest BCUT2D eigenvalue weighted by Crippen LogP contribution is -2.57. The zero-order chi connectivity index (χ0) is 19.4. The second kappa shape index (κ2) is 6.75.